The molecule has 0 atom stereocenters. The summed E-state index contributed by atoms with van der Waals surface area (Å²) in [6, 6.07) is 2.64. The lowest BCUT2D eigenvalue weighted by Gasteiger charge is -2.06. The summed E-state index contributed by atoms with van der Waals surface area (Å²) < 4.78 is 26.0. The number of nitrogens with one attached hydrogen (secondary N) is 2. The van der Waals surface area contributed by atoms with E-state index in [4.69, 9.17) is 0 Å². The van der Waals surface area contributed by atoms with E-state index in [0.717, 1.165) is 24.9 Å². The van der Waals surface area contributed by atoms with E-state index in [9.17, 15) is 8.42 Å². The fourth-order valence-electron chi connectivity index (χ4n) is 1.67. The summed E-state index contributed by atoms with van der Waals surface area (Å²) in [5.41, 5.74) is 1.03. The summed E-state index contributed by atoms with van der Waals surface area (Å²) in [6.07, 6.45) is 4.20. The van der Waals surface area contributed by atoms with Gasteiger partial charge in [0.05, 0.1) is 5.75 Å². The van der Waals surface area contributed by atoms with Crippen LogP contribution in [0, 0.1) is 0 Å². The van der Waals surface area contributed by atoms with Gasteiger partial charge in [0.25, 0.3) is 0 Å². The lowest BCUT2D eigenvalue weighted by atomic mass is 10.3. The highest BCUT2D eigenvalue weighted by atomic mass is 32.2. The Bertz CT molecular complexity index is 439. The zero-order valence-corrected chi connectivity index (χ0v) is 12.0. The third kappa shape index (κ3) is 5.48. The fourth-order valence-corrected chi connectivity index (χ4v) is 3.45. The Balaban J connectivity index is 1.57. The van der Waals surface area contributed by atoms with Crippen LogP contribution in [0.5, 0.6) is 0 Å². The molecule has 0 aromatic carbocycles. The van der Waals surface area contributed by atoms with Crippen molar-refractivity contribution in [3.8, 4) is 0 Å². The Morgan fingerprint density at radius 3 is 2.83 bits per heavy atom. The van der Waals surface area contributed by atoms with Crippen LogP contribution in [0.2, 0.25) is 0 Å². The quantitative estimate of drug-likeness (QED) is 0.680. The van der Waals surface area contributed by atoms with Crippen LogP contribution in [0.1, 0.15) is 31.2 Å². The van der Waals surface area contributed by atoms with Gasteiger partial charge in [-0.3, -0.25) is 0 Å². The largest absolute Gasteiger partial charge is 0.314 e. The molecule has 1 saturated carbocycles. The molecule has 0 radical (unpaired) electrons. The predicted octanol–water partition coefficient (Wildman–Crippen LogP) is 1.70. The van der Waals surface area contributed by atoms with E-state index in [0.29, 0.717) is 12.6 Å². The minimum atomic E-state index is -3.12. The van der Waals surface area contributed by atoms with Gasteiger partial charge in [-0.15, -0.1) is 0 Å². The maximum Gasteiger partial charge on any atom is 0.211 e. The van der Waals surface area contributed by atoms with Crippen molar-refractivity contribution in [1.82, 2.24) is 10.0 Å². The average molecular weight is 288 g/mol. The maximum absolute atomic E-state index is 11.7. The number of rotatable bonds is 9. The number of thiophene rings is 1. The molecule has 0 bridgehead atoms. The van der Waals surface area contributed by atoms with E-state index >= 15 is 0 Å². The van der Waals surface area contributed by atoms with Crippen molar-refractivity contribution in [3.05, 3.63) is 22.4 Å². The van der Waals surface area contributed by atoms with E-state index in [1.807, 2.05) is 16.8 Å². The van der Waals surface area contributed by atoms with Crippen molar-refractivity contribution in [1.29, 1.82) is 0 Å². The predicted molar refractivity (Wildman–Crippen MR) is 75.2 cm³/mol. The van der Waals surface area contributed by atoms with Crippen LogP contribution in [-0.2, 0) is 16.6 Å². The summed E-state index contributed by atoms with van der Waals surface area (Å²) in [5, 5.41) is 7.30. The lowest BCUT2D eigenvalue weighted by Crippen LogP contribution is -2.26. The molecular weight excluding hydrogens is 268 g/mol. The molecule has 2 N–H and O–H groups in total. The van der Waals surface area contributed by atoms with Gasteiger partial charge >= 0.3 is 0 Å². The standard InChI is InChI=1S/C12H20N2O2S2/c15-18(16,14-9-11-5-7-17-10-11)8-2-1-6-13-12-3-4-12/h5,7,10,12-14H,1-4,6,8-9H2. The van der Waals surface area contributed by atoms with Gasteiger partial charge in [-0.25, -0.2) is 13.1 Å². The van der Waals surface area contributed by atoms with Crippen molar-refractivity contribution in [2.45, 2.75) is 38.3 Å². The molecule has 1 aliphatic rings. The molecule has 2 rings (SSSR count). The van der Waals surface area contributed by atoms with E-state index in [-0.39, 0.29) is 5.75 Å². The van der Waals surface area contributed by atoms with Gasteiger partial charge in [0.1, 0.15) is 0 Å². The number of hydrogen-bond acceptors (Lipinski definition) is 4. The van der Waals surface area contributed by atoms with Gasteiger partial charge in [0, 0.05) is 12.6 Å². The minimum absolute atomic E-state index is 0.226. The third-order valence-corrected chi connectivity index (χ3v) is 5.07. The smallest absolute Gasteiger partial charge is 0.211 e. The highest BCUT2D eigenvalue weighted by Gasteiger charge is 2.19. The zero-order chi connectivity index (χ0) is 12.8. The summed E-state index contributed by atoms with van der Waals surface area (Å²) in [6.45, 7) is 1.34. The van der Waals surface area contributed by atoms with Crippen LogP contribution in [0.25, 0.3) is 0 Å². The molecule has 0 spiro atoms. The maximum atomic E-state index is 11.7. The van der Waals surface area contributed by atoms with Gasteiger partial charge in [0.2, 0.25) is 10.0 Å². The Morgan fingerprint density at radius 2 is 2.17 bits per heavy atom. The van der Waals surface area contributed by atoms with E-state index in [1.54, 1.807) is 11.3 Å². The number of unbranched alkanes of at least 4 members (excludes halogenated alkanes) is 1. The highest BCUT2D eigenvalue weighted by Crippen LogP contribution is 2.18. The second kappa shape index (κ2) is 6.65. The highest BCUT2D eigenvalue weighted by molar-refractivity contribution is 7.89. The molecule has 0 aliphatic heterocycles. The van der Waals surface area contributed by atoms with Gasteiger partial charge in [-0.05, 0) is 54.6 Å². The van der Waals surface area contributed by atoms with Crippen molar-refractivity contribution in [2.24, 2.45) is 0 Å². The van der Waals surface area contributed by atoms with Crippen LogP contribution in [-0.4, -0.2) is 26.8 Å². The van der Waals surface area contributed by atoms with Crippen LogP contribution >= 0.6 is 11.3 Å². The topological polar surface area (TPSA) is 58.2 Å². The monoisotopic (exact) mass is 288 g/mol. The molecule has 1 aromatic rings. The second-order valence-corrected chi connectivity index (χ2v) is 7.41. The van der Waals surface area contributed by atoms with Crippen LogP contribution in [0.3, 0.4) is 0 Å². The Kier molecular flexibility index (Phi) is 5.17. The Hall–Kier alpha value is -0.430. The summed E-state index contributed by atoms with van der Waals surface area (Å²) in [5.74, 6) is 0.226. The lowest BCUT2D eigenvalue weighted by molar-refractivity contribution is 0.573. The van der Waals surface area contributed by atoms with Gasteiger partial charge in [0.15, 0.2) is 0 Å². The molecule has 18 heavy (non-hydrogen) atoms. The molecule has 4 nitrogen and oxygen atoms in total. The molecule has 0 unspecified atom stereocenters. The average Bonchev–Trinajstić information content (AvgIpc) is 3.00. The molecule has 1 aromatic heterocycles. The molecular formula is C12H20N2O2S2. The van der Waals surface area contributed by atoms with E-state index in [1.165, 1.54) is 12.8 Å². The SMILES string of the molecule is O=S(=O)(CCCCNC1CC1)NCc1ccsc1. The van der Waals surface area contributed by atoms with E-state index < -0.39 is 10.0 Å². The molecule has 1 heterocycles. The summed E-state index contributed by atoms with van der Waals surface area (Å²) >= 11 is 1.58. The third-order valence-electron chi connectivity index (χ3n) is 2.93. The first kappa shape index (κ1) is 14.0. The normalized spacial score (nSPS) is 16.0. The van der Waals surface area contributed by atoms with Gasteiger partial charge in [-0.2, -0.15) is 11.3 Å². The molecule has 0 saturated heterocycles. The molecule has 102 valence electrons. The van der Waals surface area contributed by atoms with Gasteiger partial charge < -0.3 is 5.32 Å². The number of sulfonamides is 1. The van der Waals surface area contributed by atoms with Crippen molar-refractivity contribution < 1.29 is 8.42 Å². The molecule has 1 fully saturated rings. The first-order chi connectivity index (χ1) is 8.66. The van der Waals surface area contributed by atoms with E-state index in [2.05, 4.69) is 10.0 Å². The van der Waals surface area contributed by atoms with Crippen LogP contribution in [0.15, 0.2) is 16.8 Å². The Labute approximate surface area is 113 Å². The number of hydrogen-bond donors (Lipinski definition) is 2. The van der Waals surface area contributed by atoms with Crippen molar-refractivity contribution >= 4 is 21.4 Å². The molecule has 6 heteroatoms. The minimum Gasteiger partial charge on any atom is -0.314 e. The molecule has 1 aliphatic carbocycles. The first-order valence-corrected chi connectivity index (χ1v) is 8.97. The summed E-state index contributed by atoms with van der Waals surface area (Å²) in [7, 11) is -3.12. The van der Waals surface area contributed by atoms with Crippen molar-refractivity contribution in [2.75, 3.05) is 12.3 Å². The van der Waals surface area contributed by atoms with Crippen molar-refractivity contribution in [3.63, 3.8) is 0 Å². The van der Waals surface area contributed by atoms with Gasteiger partial charge in [-0.1, -0.05) is 0 Å². The second-order valence-electron chi connectivity index (χ2n) is 4.71. The first-order valence-electron chi connectivity index (χ1n) is 6.37. The zero-order valence-electron chi connectivity index (χ0n) is 10.4. The Morgan fingerprint density at radius 1 is 1.33 bits per heavy atom. The fraction of sp³-hybridized carbons (Fsp3) is 0.667. The summed E-state index contributed by atoms with van der Waals surface area (Å²) in [4.78, 5) is 0. The van der Waals surface area contributed by atoms with Crippen LogP contribution < -0.4 is 10.0 Å². The molecule has 0 amide bonds. The van der Waals surface area contributed by atoms with Crippen LogP contribution in [0.4, 0.5) is 0 Å².